The van der Waals surface area contributed by atoms with Gasteiger partial charge in [0.25, 0.3) is 0 Å². The Bertz CT molecular complexity index is 1030. The zero-order valence-corrected chi connectivity index (χ0v) is 17.9. The number of hydrogen-bond donors (Lipinski definition) is 1. The lowest BCUT2D eigenvalue weighted by atomic mass is 9.99. The van der Waals surface area contributed by atoms with Crippen LogP contribution in [0, 0.1) is 0 Å². The minimum atomic E-state index is 0.0126. The fraction of sp³-hybridized carbons (Fsp3) is 0.333. The topological polar surface area (TPSA) is 42.3 Å². The molecule has 5 rings (SSSR count). The van der Waals surface area contributed by atoms with Gasteiger partial charge < -0.3 is 19.5 Å². The highest BCUT2D eigenvalue weighted by Crippen LogP contribution is 2.43. The predicted octanol–water partition coefficient (Wildman–Crippen LogP) is 4.80. The van der Waals surface area contributed by atoms with Gasteiger partial charge in [-0.2, -0.15) is 0 Å². The molecule has 2 fully saturated rings. The van der Waals surface area contributed by atoms with Crippen LogP contribution in [0.2, 0.25) is 0 Å². The molecule has 1 N–H and O–H groups in total. The highest BCUT2D eigenvalue weighted by molar-refractivity contribution is 7.80. The van der Waals surface area contributed by atoms with Crippen molar-refractivity contribution in [1.29, 1.82) is 0 Å². The molecule has 154 valence electrons. The number of hydrogen-bond acceptors (Lipinski definition) is 3. The Kier molecular flexibility index (Phi) is 5.17. The molecule has 3 heterocycles. The predicted molar refractivity (Wildman–Crippen MR) is 122 cm³/mol. The minimum Gasteiger partial charge on any atom is -0.497 e. The molecule has 30 heavy (non-hydrogen) atoms. The molecule has 0 unspecified atom stereocenters. The van der Waals surface area contributed by atoms with Crippen LogP contribution in [0.3, 0.4) is 0 Å². The van der Waals surface area contributed by atoms with E-state index in [-0.39, 0.29) is 12.1 Å². The van der Waals surface area contributed by atoms with E-state index in [9.17, 15) is 0 Å². The van der Waals surface area contributed by atoms with Crippen LogP contribution < -0.4 is 10.1 Å². The van der Waals surface area contributed by atoms with Gasteiger partial charge in [0.1, 0.15) is 5.75 Å². The second-order valence-corrected chi connectivity index (χ2v) is 8.36. The third-order valence-electron chi connectivity index (χ3n) is 6.27. The fourth-order valence-electron chi connectivity index (χ4n) is 4.89. The number of nitrogens with zero attached hydrogens (tertiary/aromatic N) is 3. The summed E-state index contributed by atoms with van der Waals surface area (Å²) in [6.45, 7) is 0. The van der Waals surface area contributed by atoms with Gasteiger partial charge in [-0.25, -0.2) is 0 Å². The number of thiocarbonyl (C=S) groups is 1. The quantitative estimate of drug-likeness (QED) is 0.603. The Balaban J connectivity index is 1.61. The van der Waals surface area contributed by atoms with E-state index in [0.717, 1.165) is 22.2 Å². The third-order valence-corrected chi connectivity index (χ3v) is 6.60. The average Bonchev–Trinajstić information content (AvgIpc) is 3.53. The molecular weight excluding hydrogens is 392 g/mol. The van der Waals surface area contributed by atoms with Gasteiger partial charge in [0.05, 0.1) is 24.9 Å². The molecule has 6 heteroatoms. The summed E-state index contributed by atoms with van der Waals surface area (Å²) < 4.78 is 7.71. The van der Waals surface area contributed by atoms with Gasteiger partial charge in [0.2, 0.25) is 0 Å². The van der Waals surface area contributed by atoms with Crippen LogP contribution in [0.25, 0.3) is 5.69 Å². The number of methoxy groups -OCH3 is 1. The summed E-state index contributed by atoms with van der Waals surface area (Å²) >= 11 is 5.86. The van der Waals surface area contributed by atoms with E-state index in [4.69, 9.17) is 17.0 Å². The van der Waals surface area contributed by atoms with E-state index < -0.39 is 0 Å². The van der Waals surface area contributed by atoms with Crippen LogP contribution in [-0.4, -0.2) is 32.7 Å². The maximum absolute atomic E-state index is 5.86. The average molecular weight is 419 g/mol. The van der Waals surface area contributed by atoms with Gasteiger partial charge in [-0.15, -0.1) is 0 Å². The lowest BCUT2D eigenvalue weighted by Crippen LogP contribution is -2.38. The van der Waals surface area contributed by atoms with Gasteiger partial charge >= 0.3 is 0 Å². The third kappa shape index (κ3) is 3.35. The second-order valence-electron chi connectivity index (χ2n) is 7.98. The lowest BCUT2D eigenvalue weighted by molar-refractivity contribution is 0.239. The highest BCUT2D eigenvalue weighted by atomic mass is 32.1. The van der Waals surface area contributed by atoms with Crippen molar-refractivity contribution < 1.29 is 4.74 Å². The molecule has 1 aromatic carbocycles. The standard InChI is InChI=1S/C24H26N4OS/c1-29-19-11-6-10-18(16-19)27-15-7-13-21(27)23-22(20-12-4-5-14-25-20)26-24(30)28(23)17-8-2-3-9-17/h4-7,10-17,22-23H,2-3,8-9H2,1H3,(H,26,30)/t22-,23+/m0/s1. The first kappa shape index (κ1) is 19.1. The number of nitrogens with one attached hydrogen (secondary N) is 1. The first-order chi connectivity index (χ1) is 14.8. The van der Waals surface area contributed by atoms with Crippen molar-refractivity contribution in [2.24, 2.45) is 0 Å². The fourth-order valence-corrected chi connectivity index (χ4v) is 5.28. The van der Waals surface area contributed by atoms with E-state index in [1.54, 1.807) is 7.11 Å². The number of benzene rings is 1. The Hall–Kier alpha value is -2.86. The summed E-state index contributed by atoms with van der Waals surface area (Å²) in [4.78, 5) is 7.11. The van der Waals surface area contributed by atoms with Crippen LogP contribution in [0.15, 0.2) is 67.0 Å². The van der Waals surface area contributed by atoms with Gasteiger partial charge in [-0.3, -0.25) is 4.98 Å². The van der Waals surface area contributed by atoms with Crippen LogP contribution in [0.4, 0.5) is 0 Å². The number of ether oxygens (including phenoxy) is 1. The van der Waals surface area contributed by atoms with Crippen molar-refractivity contribution in [3.63, 3.8) is 0 Å². The van der Waals surface area contributed by atoms with Crippen molar-refractivity contribution >= 4 is 17.3 Å². The van der Waals surface area contributed by atoms with Crippen LogP contribution >= 0.6 is 12.2 Å². The first-order valence-corrected chi connectivity index (χ1v) is 11.0. The van der Waals surface area contributed by atoms with Gasteiger partial charge in [0.15, 0.2) is 5.11 Å². The van der Waals surface area contributed by atoms with Crippen LogP contribution in [0.5, 0.6) is 5.75 Å². The largest absolute Gasteiger partial charge is 0.497 e. The molecule has 0 radical (unpaired) electrons. The van der Waals surface area contributed by atoms with Crippen molar-refractivity contribution in [3.05, 3.63) is 78.4 Å². The molecule has 2 aromatic heterocycles. The molecule has 1 aliphatic carbocycles. The van der Waals surface area contributed by atoms with Crippen LogP contribution in [0.1, 0.15) is 49.2 Å². The maximum atomic E-state index is 5.86. The molecule has 2 atom stereocenters. The van der Waals surface area contributed by atoms with E-state index in [2.05, 4.69) is 56.3 Å². The molecule has 0 amide bonds. The van der Waals surface area contributed by atoms with Crippen LogP contribution in [-0.2, 0) is 0 Å². The summed E-state index contributed by atoms with van der Waals surface area (Å²) in [7, 11) is 1.70. The van der Waals surface area contributed by atoms with Gasteiger partial charge in [-0.1, -0.05) is 25.0 Å². The molecule has 2 aliphatic rings. The molecule has 5 nitrogen and oxygen atoms in total. The molecule has 3 aromatic rings. The van der Waals surface area contributed by atoms with E-state index in [0.29, 0.717) is 6.04 Å². The molecule has 0 bridgehead atoms. The summed E-state index contributed by atoms with van der Waals surface area (Å²) in [6, 6.07) is 19.2. The Morgan fingerprint density at radius 3 is 2.70 bits per heavy atom. The van der Waals surface area contributed by atoms with Gasteiger partial charge in [-0.05, 0) is 61.5 Å². The Labute approximate surface area is 182 Å². The zero-order chi connectivity index (χ0) is 20.5. The summed E-state index contributed by atoms with van der Waals surface area (Å²) in [5.41, 5.74) is 3.31. The Morgan fingerprint density at radius 2 is 1.93 bits per heavy atom. The highest BCUT2D eigenvalue weighted by Gasteiger charge is 2.44. The van der Waals surface area contributed by atoms with Crippen molar-refractivity contribution in [1.82, 2.24) is 19.8 Å². The zero-order valence-electron chi connectivity index (χ0n) is 17.1. The molecule has 0 spiro atoms. The maximum Gasteiger partial charge on any atom is 0.170 e. The summed E-state index contributed by atoms with van der Waals surface area (Å²) in [5.74, 6) is 0.848. The molecule has 1 aliphatic heterocycles. The number of rotatable bonds is 5. The first-order valence-electron chi connectivity index (χ1n) is 10.6. The normalized spacial score (nSPS) is 21.8. The number of pyridine rings is 1. The second kappa shape index (κ2) is 8.11. The number of aromatic nitrogens is 2. The molecular formula is C24H26N4OS. The minimum absolute atomic E-state index is 0.0126. The van der Waals surface area contributed by atoms with Gasteiger partial charge in [0, 0.05) is 35.9 Å². The molecule has 1 saturated carbocycles. The smallest absolute Gasteiger partial charge is 0.170 e. The van der Waals surface area contributed by atoms with E-state index >= 15 is 0 Å². The van der Waals surface area contributed by atoms with E-state index in [1.165, 1.54) is 31.4 Å². The lowest BCUT2D eigenvalue weighted by Gasteiger charge is -2.33. The summed E-state index contributed by atoms with van der Waals surface area (Å²) in [6.07, 6.45) is 8.88. The summed E-state index contributed by atoms with van der Waals surface area (Å²) in [5, 5.41) is 4.43. The van der Waals surface area contributed by atoms with Crippen molar-refractivity contribution in [2.75, 3.05) is 7.11 Å². The van der Waals surface area contributed by atoms with Crippen molar-refractivity contribution in [2.45, 2.75) is 43.8 Å². The SMILES string of the molecule is COc1cccc(-n2cccc2[C@@H]2[C@H](c3ccccn3)NC(=S)N2C2CCCC2)c1. The molecule has 1 saturated heterocycles. The Morgan fingerprint density at radius 1 is 1.07 bits per heavy atom. The van der Waals surface area contributed by atoms with E-state index in [1.807, 2.05) is 30.5 Å². The monoisotopic (exact) mass is 418 g/mol. The van der Waals surface area contributed by atoms with Crippen molar-refractivity contribution in [3.8, 4) is 11.4 Å².